The van der Waals surface area contributed by atoms with Crippen LogP contribution in [0.15, 0.2) is 29.3 Å². The van der Waals surface area contributed by atoms with Crippen LogP contribution < -0.4 is 5.73 Å². The predicted octanol–water partition coefficient (Wildman–Crippen LogP) is 1.65. The molecule has 0 fully saturated rings. The number of methoxy groups -OCH3 is 1. The maximum absolute atomic E-state index is 11.3. The highest BCUT2D eigenvalue weighted by molar-refractivity contribution is 8.13. The highest BCUT2D eigenvalue weighted by atomic mass is 32.2. The molecule has 5 heteroatoms. The maximum Gasteiger partial charge on any atom is 0.337 e. The minimum absolute atomic E-state index is 0.330. The highest BCUT2D eigenvalue weighted by Gasteiger charge is 2.05. The summed E-state index contributed by atoms with van der Waals surface area (Å²) in [6.07, 6.45) is 0. The lowest BCUT2D eigenvalue weighted by molar-refractivity contribution is 0.0600. The number of hydrogen-bond acceptors (Lipinski definition) is 4. The largest absolute Gasteiger partial charge is 0.465 e. The number of amidine groups is 1. The summed E-state index contributed by atoms with van der Waals surface area (Å²) in [5.41, 5.74) is 7.13. The zero-order valence-corrected chi connectivity index (χ0v) is 10.1. The average molecular weight is 238 g/mol. The normalized spacial score (nSPS) is 11.2. The summed E-state index contributed by atoms with van der Waals surface area (Å²) >= 11 is 1.43. The third-order valence-corrected chi connectivity index (χ3v) is 2.91. The Bertz CT molecular complexity index is 405. The van der Waals surface area contributed by atoms with E-state index in [1.807, 2.05) is 12.1 Å². The van der Waals surface area contributed by atoms with Gasteiger partial charge in [0.15, 0.2) is 5.17 Å². The summed E-state index contributed by atoms with van der Waals surface area (Å²) in [4.78, 5) is 15.1. The molecule has 0 spiro atoms. The van der Waals surface area contributed by atoms with Gasteiger partial charge in [-0.3, -0.25) is 4.99 Å². The molecular weight excluding hydrogens is 224 g/mol. The van der Waals surface area contributed by atoms with Crippen molar-refractivity contribution in [2.24, 2.45) is 10.7 Å². The smallest absolute Gasteiger partial charge is 0.337 e. The van der Waals surface area contributed by atoms with Crippen molar-refractivity contribution >= 4 is 22.9 Å². The minimum Gasteiger partial charge on any atom is -0.465 e. The number of rotatable bonds is 3. The first kappa shape index (κ1) is 12.6. The Kier molecular flexibility index (Phi) is 4.85. The molecule has 0 unspecified atom stereocenters. The first-order valence-electron chi connectivity index (χ1n) is 4.69. The fourth-order valence-corrected chi connectivity index (χ4v) is 1.75. The number of ether oxygens (including phenoxy) is 1. The fourth-order valence-electron chi connectivity index (χ4n) is 1.13. The number of thioether (sulfide) groups is 1. The summed E-state index contributed by atoms with van der Waals surface area (Å²) in [5, 5.41) is 0.531. The summed E-state index contributed by atoms with van der Waals surface area (Å²) in [7, 11) is 3.01. The van der Waals surface area contributed by atoms with Crippen molar-refractivity contribution in [2.75, 3.05) is 14.2 Å². The van der Waals surface area contributed by atoms with Gasteiger partial charge in [0.25, 0.3) is 0 Å². The van der Waals surface area contributed by atoms with Crippen LogP contribution >= 0.6 is 11.8 Å². The van der Waals surface area contributed by atoms with Crippen molar-refractivity contribution in [3.63, 3.8) is 0 Å². The standard InChI is InChI=1S/C11H14N2O2S/c1-13-11(12)16-7-8-4-3-5-9(6-8)10(14)15-2/h3-6H,7H2,1-2H3,(H2,12,13). The molecule has 0 heterocycles. The highest BCUT2D eigenvalue weighted by Crippen LogP contribution is 2.14. The fraction of sp³-hybridized carbons (Fsp3) is 0.273. The lowest BCUT2D eigenvalue weighted by Gasteiger charge is -2.03. The molecular formula is C11H14N2O2S. The third-order valence-electron chi connectivity index (χ3n) is 1.96. The minimum atomic E-state index is -0.330. The number of nitrogens with two attached hydrogens (primary N) is 1. The lowest BCUT2D eigenvalue weighted by Crippen LogP contribution is -2.06. The van der Waals surface area contributed by atoms with Crippen LogP contribution in [-0.4, -0.2) is 25.3 Å². The van der Waals surface area contributed by atoms with Crippen molar-refractivity contribution in [1.82, 2.24) is 0 Å². The van der Waals surface area contributed by atoms with Gasteiger partial charge < -0.3 is 10.5 Å². The van der Waals surface area contributed by atoms with Crippen LogP contribution in [0.1, 0.15) is 15.9 Å². The number of esters is 1. The molecule has 0 aliphatic heterocycles. The van der Waals surface area contributed by atoms with Crippen molar-refractivity contribution in [3.05, 3.63) is 35.4 Å². The van der Waals surface area contributed by atoms with Crippen molar-refractivity contribution in [3.8, 4) is 0 Å². The Labute approximate surface area is 98.9 Å². The van der Waals surface area contributed by atoms with Crippen LogP contribution in [0.25, 0.3) is 0 Å². The molecule has 4 nitrogen and oxygen atoms in total. The van der Waals surface area contributed by atoms with Gasteiger partial charge in [0, 0.05) is 12.8 Å². The summed E-state index contributed by atoms with van der Waals surface area (Å²) in [6, 6.07) is 7.27. The zero-order valence-electron chi connectivity index (χ0n) is 9.27. The molecule has 86 valence electrons. The molecule has 0 saturated carbocycles. The molecule has 0 radical (unpaired) electrons. The molecule has 0 atom stereocenters. The van der Waals surface area contributed by atoms with Gasteiger partial charge >= 0.3 is 5.97 Å². The Morgan fingerprint density at radius 1 is 1.56 bits per heavy atom. The van der Waals surface area contributed by atoms with Crippen molar-refractivity contribution < 1.29 is 9.53 Å². The zero-order chi connectivity index (χ0) is 12.0. The topological polar surface area (TPSA) is 64.7 Å². The molecule has 2 N–H and O–H groups in total. The van der Waals surface area contributed by atoms with E-state index in [-0.39, 0.29) is 5.97 Å². The van der Waals surface area contributed by atoms with Gasteiger partial charge in [-0.05, 0) is 17.7 Å². The van der Waals surface area contributed by atoms with E-state index < -0.39 is 0 Å². The molecule has 1 aromatic carbocycles. The van der Waals surface area contributed by atoms with Crippen LogP contribution in [0, 0.1) is 0 Å². The van der Waals surface area contributed by atoms with Crippen molar-refractivity contribution in [2.45, 2.75) is 5.75 Å². The van der Waals surface area contributed by atoms with Crippen LogP contribution in [0.3, 0.4) is 0 Å². The van der Waals surface area contributed by atoms with Gasteiger partial charge in [0.05, 0.1) is 12.7 Å². The summed E-state index contributed by atoms with van der Waals surface area (Å²) < 4.78 is 4.64. The second-order valence-corrected chi connectivity index (χ2v) is 4.04. The van der Waals surface area contributed by atoms with Gasteiger partial charge in [-0.15, -0.1) is 0 Å². The molecule has 0 bridgehead atoms. The molecule has 16 heavy (non-hydrogen) atoms. The van der Waals surface area contributed by atoms with E-state index in [9.17, 15) is 4.79 Å². The number of nitrogens with zero attached hydrogens (tertiary/aromatic N) is 1. The van der Waals surface area contributed by atoms with E-state index in [0.29, 0.717) is 16.5 Å². The predicted molar refractivity (Wildman–Crippen MR) is 66.6 cm³/mol. The quantitative estimate of drug-likeness (QED) is 0.494. The first-order chi connectivity index (χ1) is 7.67. The monoisotopic (exact) mass is 238 g/mol. The van der Waals surface area contributed by atoms with Crippen LogP contribution in [-0.2, 0) is 10.5 Å². The Morgan fingerprint density at radius 2 is 2.31 bits per heavy atom. The van der Waals surface area contributed by atoms with E-state index in [2.05, 4.69) is 9.73 Å². The van der Waals surface area contributed by atoms with E-state index in [1.54, 1.807) is 19.2 Å². The van der Waals surface area contributed by atoms with Gasteiger partial charge in [0.1, 0.15) is 0 Å². The van der Waals surface area contributed by atoms with E-state index in [1.165, 1.54) is 18.9 Å². The second kappa shape index (κ2) is 6.17. The molecule has 0 aliphatic carbocycles. The molecule has 0 aliphatic rings. The van der Waals surface area contributed by atoms with Gasteiger partial charge in [-0.25, -0.2) is 4.79 Å². The Hall–Kier alpha value is -1.49. The number of carbonyl (C=O) groups excluding carboxylic acids is 1. The molecule has 1 aromatic rings. The maximum atomic E-state index is 11.3. The summed E-state index contributed by atoms with van der Waals surface area (Å²) in [5.74, 6) is 0.359. The number of benzene rings is 1. The molecule has 0 saturated heterocycles. The molecule has 0 amide bonds. The van der Waals surface area contributed by atoms with E-state index in [0.717, 1.165) is 5.56 Å². The van der Waals surface area contributed by atoms with Crippen molar-refractivity contribution in [1.29, 1.82) is 0 Å². The molecule has 0 aromatic heterocycles. The summed E-state index contributed by atoms with van der Waals surface area (Å²) in [6.45, 7) is 0. The van der Waals surface area contributed by atoms with Crippen LogP contribution in [0.5, 0.6) is 0 Å². The Balaban J connectivity index is 2.71. The SMILES string of the molecule is CN=C(N)SCc1cccc(C(=O)OC)c1. The van der Waals surface area contributed by atoms with E-state index >= 15 is 0 Å². The third kappa shape index (κ3) is 3.58. The van der Waals surface area contributed by atoms with Gasteiger partial charge in [-0.1, -0.05) is 23.9 Å². The number of carbonyl (C=O) groups is 1. The van der Waals surface area contributed by atoms with Crippen LogP contribution in [0.4, 0.5) is 0 Å². The average Bonchev–Trinajstić information content (AvgIpc) is 2.35. The number of aliphatic imine (C=N–C) groups is 1. The number of hydrogen-bond donors (Lipinski definition) is 1. The van der Waals surface area contributed by atoms with E-state index in [4.69, 9.17) is 5.73 Å². The lowest BCUT2D eigenvalue weighted by atomic mass is 10.1. The van der Waals surface area contributed by atoms with Gasteiger partial charge in [0.2, 0.25) is 0 Å². The Morgan fingerprint density at radius 3 is 2.94 bits per heavy atom. The first-order valence-corrected chi connectivity index (χ1v) is 5.68. The molecule has 1 rings (SSSR count). The second-order valence-electron chi connectivity index (χ2n) is 3.04. The van der Waals surface area contributed by atoms with Crippen LogP contribution in [0.2, 0.25) is 0 Å². The van der Waals surface area contributed by atoms with Gasteiger partial charge in [-0.2, -0.15) is 0 Å².